The van der Waals surface area contributed by atoms with Crippen LogP contribution in [0.1, 0.15) is 25.5 Å². The molecule has 1 N–H and O–H groups in total. The summed E-state index contributed by atoms with van der Waals surface area (Å²) in [5, 5.41) is 11.9. The monoisotopic (exact) mass is 248 g/mol. The third-order valence-corrected chi connectivity index (χ3v) is 3.15. The van der Waals surface area contributed by atoms with Crippen LogP contribution in [0.5, 0.6) is 0 Å². The lowest BCUT2D eigenvalue weighted by atomic mass is 10.2. The molecule has 0 aliphatic carbocycles. The van der Waals surface area contributed by atoms with Gasteiger partial charge in [0.25, 0.3) is 0 Å². The number of aromatic nitrogens is 5. The molecule has 0 aromatic carbocycles. The van der Waals surface area contributed by atoms with Crippen molar-refractivity contribution in [1.82, 2.24) is 29.9 Å². The van der Waals surface area contributed by atoms with Crippen molar-refractivity contribution in [3.05, 3.63) is 30.6 Å². The molecule has 98 valence electrons. The van der Waals surface area contributed by atoms with E-state index in [4.69, 9.17) is 0 Å². The summed E-state index contributed by atoms with van der Waals surface area (Å²) in [6.45, 7) is 8.09. The van der Waals surface area contributed by atoms with E-state index in [2.05, 4.69) is 47.5 Å². The van der Waals surface area contributed by atoms with E-state index in [1.54, 1.807) is 12.7 Å². The van der Waals surface area contributed by atoms with E-state index in [0.717, 1.165) is 13.1 Å². The minimum Gasteiger partial charge on any atom is -0.310 e. The highest BCUT2D eigenvalue weighted by Crippen LogP contribution is 2.10. The van der Waals surface area contributed by atoms with Crippen LogP contribution in [0, 0.1) is 6.92 Å². The standard InChI is InChI=1S/C12H20N6/c1-10-6-15-18(7-10)12(3)11(2)14-4-5-17-9-13-8-16-17/h6-9,11-12,14H,4-5H2,1-3H3/t11-,12+/m0/s1. The third kappa shape index (κ3) is 3.16. The molecule has 0 saturated heterocycles. The fourth-order valence-electron chi connectivity index (χ4n) is 1.81. The molecule has 2 aromatic rings. The molecule has 0 amide bonds. The number of aryl methyl sites for hydroxylation is 1. The predicted octanol–water partition coefficient (Wildman–Crippen LogP) is 1.02. The minimum absolute atomic E-state index is 0.328. The molecule has 6 heteroatoms. The summed E-state index contributed by atoms with van der Waals surface area (Å²) in [5.74, 6) is 0. The molecule has 0 radical (unpaired) electrons. The first-order valence-electron chi connectivity index (χ1n) is 6.23. The van der Waals surface area contributed by atoms with Crippen LogP contribution in [0.15, 0.2) is 25.0 Å². The second-order valence-electron chi connectivity index (χ2n) is 4.64. The van der Waals surface area contributed by atoms with Crippen LogP contribution in [-0.4, -0.2) is 37.1 Å². The molecule has 2 aromatic heterocycles. The number of nitrogens with zero attached hydrogens (tertiary/aromatic N) is 5. The second-order valence-corrected chi connectivity index (χ2v) is 4.64. The lowest BCUT2D eigenvalue weighted by molar-refractivity contribution is 0.358. The van der Waals surface area contributed by atoms with Gasteiger partial charge in [-0.15, -0.1) is 0 Å². The van der Waals surface area contributed by atoms with Crippen molar-refractivity contribution in [2.24, 2.45) is 0 Å². The lowest BCUT2D eigenvalue weighted by Crippen LogP contribution is -2.36. The Kier molecular flexibility index (Phi) is 4.09. The average Bonchev–Trinajstić information content (AvgIpc) is 2.99. The fourth-order valence-corrected chi connectivity index (χ4v) is 1.81. The molecule has 2 rings (SSSR count). The van der Waals surface area contributed by atoms with E-state index in [0.29, 0.717) is 12.1 Å². The van der Waals surface area contributed by atoms with Crippen molar-refractivity contribution in [2.75, 3.05) is 6.54 Å². The minimum atomic E-state index is 0.328. The molecule has 18 heavy (non-hydrogen) atoms. The molecule has 0 fully saturated rings. The molecule has 0 spiro atoms. The van der Waals surface area contributed by atoms with E-state index in [1.165, 1.54) is 5.56 Å². The first-order valence-corrected chi connectivity index (χ1v) is 6.23. The third-order valence-electron chi connectivity index (χ3n) is 3.15. The summed E-state index contributed by atoms with van der Waals surface area (Å²) in [5.41, 5.74) is 1.19. The Hall–Kier alpha value is -1.69. The van der Waals surface area contributed by atoms with E-state index >= 15 is 0 Å². The lowest BCUT2D eigenvalue weighted by Gasteiger charge is -2.21. The van der Waals surface area contributed by atoms with Crippen LogP contribution in [0.3, 0.4) is 0 Å². The van der Waals surface area contributed by atoms with Gasteiger partial charge in [-0.05, 0) is 26.3 Å². The van der Waals surface area contributed by atoms with Crippen molar-refractivity contribution in [2.45, 2.75) is 39.4 Å². The average molecular weight is 248 g/mol. The summed E-state index contributed by atoms with van der Waals surface area (Å²) in [4.78, 5) is 3.92. The van der Waals surface area contributed by atoms with Gasteiger partial charge in [-0.25, -0.2) is 4.98 Å². The van der Waals surface area contributed by atoms with Gasteiger partial charge in [-0.1, -0.05) is 0 Å². The van der Waals surface area contributed by atoms with E-state index in [-0.39, 0.29) is 0 Å². The van der Waals surface area contributed by atoms with Crippen molar-refractivity contribution in [3.63, 3.8) is 0 Å². The Balaban J connectivity index is 1.79. The Bertz CT molecular complexity index is 461. The Morgan fingerprint density at radius 1 is 1.33 bits per heavy atom. The van der Waals surface area contributed by atoms with Crippen molar-refractivity contribution in [1.29, 1.82) is 0 Å². The first-order chi connectivity index (χ1) is 8.66. The zero-order valence-corrected chi connectivity index (χ0v) is 11.1. The molecule has 2 heterocycles. The van der Waals surface area contributed by atoms with E-state index < -0.39 is 0 Å². The van der Waals surface area contributed by atoms with Gasteiger partial charge in [0.05, 0.1) is 18.8 Å². The van der Waals surface area contributed by atoms with Crippen LogP contribution < -0.4 is 5.32 Å². The molecule has 0 bridgehead atoms. The van der Waals surface area contributed by atoms with E-state index in [9.17, 15) is 0 Å². The summed E-state index contributed by atoms with van der Waals surface area (Å²) in [6.07, 6.45) is 7.24. The van der Waals surface area contributed by atoms with Crippen LogP contribution in [0.25, 0.3) is 0 Å². The van der Waals surface area contributed by atoms with Gasteiger partial charge in [0.2, 0.25) is 0 Å². The van der Waals surface area contributed by atoms with Crippen LogP contribution in [0.4, 0.5) is 0 Å². The Morgan fingerprint density at radius 2 is 2.17 bits per heavy atom. The molecule has 0 aliphatic heterocycles. The predicted molar refractivity (Wildman–Crippen MR) is 69.2 cm³/mol. The van der Waals surface area contributed by atoms with E-state index in [1.807, 2.05) is 15.6 Å². The quantitative estimate of drug-likeness (QED) is 0.829. The van der Waals surface area contributed by atoms with Gasteiger partial charge in [-0.2, -0.15) is 10.2 Å². The highest BCUT2D eigenvalue weighted by Gasteiger charge is 2.13. The van der Waals surface area contributed by atoms with Crippen LogP contribution >= 0.6 is 0 Å². The van der Waals surface area contributed by atoms with Gasteiger partial charge in [-0.3, -0.25) is 9.36 Å². The zero-order valence-electron chi connectivity index (χ0n) is 11.1. The zero-order chi connectivity index (χ0) is 13.0. The smallest absolute Gasteiger partial charge is 0.137 e. The van der Waals surface area contributed by atoms with Gasteiger partial charge in [0.15, 0.2) is 0 Å². The molecule has 0 aliphatic rings. The Morgan fingerprint density at radius 3 is 2.78 bits per heavy atom. The molecule has 0 unspecified atom stereocenters. The van der Waals surface area contributed by atoms with Crippen molar-refractivity contribution in [3.8, 4) is 0 Å². The largest absolute Gasteiger partial charge is 0.310 e. The second kappa shape index (κ2) is 5.77. The van der Waals surface area contributed by atoms with Crippen LogP contribution in [0.2, 0.25) is 0 Å². The van der Waals surface area contributed by atoms with Gasteiger partial charge >= 0.3 is 0 Å². The van der Waals surface area contributed by atoms with Crippen LogP contribution in [-0.2, 0) is 6.54 Å². The van der Waals surface area contributed by atoms with Crippen molar-refractivity contribution >= 4 is 0 Å². The van der Waals surface area contributed by atoms with Crippen molar-refractivity contribution < 1.29 is 0 Å². The number of rotatable bonds is 6. The molecule has 0 saturated carbocycles. The summed E-state index contributed by atoms with van der Waals surface area (Å²) >= 11 is 0. The molecular weight excluding hydrogens is 228 g/mol. The summed E-state index contributed by atoms with van der Waals surface area (Å²) in [7, 11) is 0. The number of nitrogens with one attached hydrogen (secondary N) is 1. The normalized spacial score (nSPS) is 14.6. The summed E-state index contributed by atoms with van der Waals surface area (Å²) in [6, 6.07) is 0.683. The van der Waals surface area contributed by atoms with Gasteiger partial charge in [0, 0.05) is 18.8 Å². The Labute approximate surface area is 107 Å². The SMILES string of the molecule is Cc1cnn([C@H](C)[C@H](C)NCCn2cncn2)c1. The molecule has 2 atom stereocenters. The van der Waals surface area contributed by atoms with Gasteiger partial charge in [0.1, 0.15) is 12.7 Å². The maximum atomic E-state index is 4.34. The number of hydrogen-bond acceptors (Lipinski definition) is 4. The molecule has 6 nitrogen and oxygen atoms in total. The summed E-state index contributed by atoms with van der Waals surface area (Å²) < 4.78 is 3.82. The van der Waals surface area contributed by atoms with Gasteiger partial charge < -0.3 is 5.32 Å². The highest BCUT2D eigenvalue weighted by molar-refractivity contribution is 5.00. The number of hydrogen-bond donors (Lipinski definition) is 1. The maximum absolute atomic E-state index is 4.34. The highest BCUT2D eigenvalue weighted by atomic mass is 15.3. The first kappa shape index (κ1) is 12.8. The maximum Gasteiger partial charge on any atom is 0.137 e. The fraction of sp³-hybridized carbons (Fsp3) is 0.583. The topological polar surface area (TPSA) is 60.6 Å². The molecular formula is C12H20N6.